The average Bonchev–Trinajstić information content (AvgIpc) is 3.15. The number of thiophene rings is 1. The third-order valence-corrected chi connectivity index (χ3v) is 6.75. The third kappa shape index (κ3) is 2.62. The predicted molar refractivity (Wildman–Crippen MR) is 93.7 cm³/mol. The fourth-order valence-electron chi connectivity index (χ4n) is 3.16. The summed E-state index contributed by atoms with van der Waals surface area (Å²) in [6, 6.07) is 3.75. The van der Waals surface area contributed by atoms with Gasteiger partial charge in [0.15, 0.2) is 0 Å². The predicted octanol–water partition coefficient (Wildman–Crippen LogP) is 1.29. The summed E-state index contributed by atoms with van der Waals surface area (Å²) < 4.78 is 26.9. The molecule has 0 saturated carbocycles. The standard InChI is InChI=1S/C15H16N4O3S2/c1-24(21,22)19-6-4-10(8-19)7-18-9-17-12-11-3-2-5-16-14(11)23-13(12)15(18)20/h2-3,5,9-10H,4,6-8H2,1H3. The van der Waals surface area contributed by atoms with Crippen LogP contribution in [-0.4, -0.2) is 46.6 Å². The van der Waals surface area contributed by atoms with Gasteiger partial charge in [-0.3, -0.25) is 9.36 Å². The van der Waals surface area contributed by atoms with Crippen molar-refractivity contribution in [3.05, 3.63) is 35.0 Å². The lowest BCUT2D eigenvalue weighted by Gasteiger charge is -2.14. The van der Waals surface area contributed by atoms with Crippen LogP contribution in [0.5, 0.6) is 0 Å². The lowest BCUT2D eigenvalue weighted by atomic mass is 10.1. The van der Waals surface area contributed by atoms with Gasteiger partial charge in [0.1, 0.15) is 9.53 Å². The van der Waals surface area contributed by atoms with Crippen LogP contribution in [0.25, 0.3) is 20.4 Å². The van der Waals surface area contributed by atoms with E-state index in [1.54, 1.807) is 17.1 Å². The van der Waals surface area contributed by atoms with Gasteiger partial charge in [-0.1, -0.05) is 0 Å². The molecule has 0 spiro atoms. The first-order valence-electron chi connectivity index (χ1n) is 7.61. The quantitative estimate of drug-likeness (QED) is 0.699. The fourth-order valence-corrected chi connectivity index (χ4v) is 5.12. The molecule has 1 saturated heterocycles. The number of nitrogens with zero attached hydrogens (tertiary/aromatic N) is 4. The second-order valence-corrected chi connectivity index (χ2v) is 9.10. The lowest BCUT2D eigenvalue weighted by Crippen LogP contribution is -2.29. The number of rotatable bonds is 3. The number of fused-ring (bicyclic) bond motifs is 3. The van der Waals surface area contributed by atoms with Gasteiger partial charge >= 0.3 is 0 Å². The van der Waals surface area contributed by atoms with E-state index in [0.29, 0.717) is 29.9 Å². The Morgan fingerprint density at radius 1 is 1.38 bits per heavy atom. The van der Waals surface area contributed by atoms with E-state index in [9.17, 15) is 13.2 Å². The normalized spacial score (nSPS) is 19.5. The molecule has 7 nitrogen and oxygen atoms in total. The number of aromatic nitrogens is 3. The van der Waals surface area contributed by atoms with Crippen molar-refractivity contribution < 1.29 is 8.42 Å². The molecule has 126 valence electrons. The third-order valence-electron chi connectivity index (χ3n) is 4.39. The number of hydrogen-bond acceptors (Lipinski definition) is 6. The minimum atomic E-state index is -3.17. The molecule has 1 aliphatic rings. The summed E-state index contributed by atoms with van der Waals surface area (Å²) in [5, 5.41) is 0.894. The van der Waals surface area contributed by atoms with Crippen LogP contribution >= 0.6 is 11.3 Å². The highest BCUT2D eigenvalue weighted by Gasteiger charge is 2.29. The Balaban J connectivity index is 1.67. The molecule has 24 heavy (non-hydrogen) atoms. The topological polar surface area (TPSA) is 85.2 Å². The van der Waals surface area contributed by atoms with Crippen LogP contribution < -0.4 is 5.56 Å². The van der Waals surface area contributed by atoms with Crippen molar-refractivity contribution in [1.29, 1.82) is 0 Å². The highest BCUT2D eigenvalue weighted by Crippen LogP contribution is 2.28. The van der Waals surface area contributed by atoms with E-state index in [1.807, 2.05) is 12.1 Å². The zero-order valence-corrected chi connectivity index (χ0v) is 14.7. The monoisotopic (exact) mass is 364 g/mol. The zero-order chi connectivity index (χ0) is 16.9. The van der Waals surface area contributed by atoms with Gasteiger partial charge in [-0.25, -0.2) is 22.7 Å². The van der Waals surface area contributed by atoms with Crippen molar-refractivity contribution in [1.82, 2.24) is 18.8 Å². The Hall–Kier alpha value is -1.84. The van der Waals surface area contributed by atoms with Gasteiger partial charge in [0, 0.05) is 31.2 Å². The van der Waals surface area contributed by atoms with E-state index in [2.05, 4.69) is 9.97 Å². The van der Waals surface area contributed by atoms with Crippen LogP contribution in [0.1, 0.15) is 6.42 Å². The maximum absolute atomic E-state index is 12.7. The van der Waals surface area contributed by atoms with Crippen LogP contribution in [0, 0.1) is 5.92 Å². The minimum Gasteiger partial charge on any atom is -0.298 e. The number of pyridine rings is 1. The molecule has 1 unspecified atom stereocenters. The van der Waals surface area contributed by atoms with Crippen LogP contribution in [0.15, 0.2) is 29.5 Å². The Morgan fingerprint density at radius 3 is 2.96 bits per heavy atom. The first-order valence-corrected chi connectivity index (χ1v) is 10.3. The Bertz CT molecular complexity index is 1090. The summed E-state index contributed by atoms with van der Waals surface area (Å²) in [5.41, 5.74) is 0.606. The molecule has 3 aromatic rings. The Kier molecular flexibility index (Phi) is 3.66. The van der Waals surface area contributed by atoms with Gasteiger partial charge in [-0.2, -0.15) is 0 Å². The average molecular weight is 364 g/mol. The summed E-state index contributed by atoms with van der Waals surface area (Å²) >= 11 is 1.35. The Morgan fingerprint density at radius 2 is 2.21 bits per heavy atom. The van der Waals surface area contributed by atoms with E-state index >= 15 is 0 Å². The van der Waals surface area contributed by atoms with E-state index in [4.69, 9.17) is 0 Å². The van der Waals surface area contributed by atoms with Crippen molar-refractivity contribution in [2.45, 2.75) is 13.0 Å². The van der Waals surface area contributed by atoms with Crippen molar-refractivity contribution in [3.8, 4) is 0 Å². The fraction of sp³-hybridized carbons (Fsp3) is 0.400. The lowest BCUT2D eigenvalue weighted by molar-refractivity contribution is 0.426. The number of sulfonamides is 1. The summed E-state index contributed by atoms with van der Waals surface area (Å²) in [7, 11) is -3.17. The van der Waals surface area contributed by atoms with Crippen molar-refractivity contribution in [3.63, 3.8) is 0 Å². The van der Waals surface area contributed by atoms with Crippen molar-refractivity contribution in [2.24, 2.45) is 5.92 Å². The molecule has 4 rings (SSSR count). The smallest absolute Gasteiger partial charge is 0.271 e. The molecule has 0 aromatic carbocycles. The molecule has 1 aliphatic heterocycles. The molecular weight excluding hydrogens is 348 g/mol. The maximum atomic E-state index is 12.7. The molecule has 4 heterocycles. The highest BCUT2D eigenvalue weighted by atomic mass is 32.2. The van der Waals surface area contributed by atoms with E-state index in [1.165, 1.54) is 21.9 Å². The zero-order valence-electron chi connectivity index (χ0n) is 13.0. The van der Waals surface area contributed by atoms with Gasteiger partial charge in [0.05, 0.1) is 18.1 Å². The maximum Gasteiger partial charge on any atom is 0.271 e. The van der Waals surface area contributed by atoms with E-state index in [0.717, 1.165) is 16.6 Å². The number of hydrogen-bond donors (Lipinski definition) is 0. The molecule has 1 fully saturated rings. The summed E-state index contributed by atoms with van der Waals surface area (Å²) in [4.78, 5) is 22.3. The SMILES string of the molecule is CS(=O)(=O)N1CCC(Cn2cnc3c(sc4ncccc43)c2=O)C1. The first kappa shape index (κ1) is 15.7. The summed E-state index contributed by atoms with van der Waals surface area (Å²) in [6.45, 7) is 1.45. The van der Waals surface area contributed by atoms with Crippen molar-refractivity contribution in [2.75, 3.05) is 19.3 Å². The second kappa shape index (κ2) is 5.61. The summed E-state index contributed by atoms with van der Waals surface area (Å²) in [5.74, 6) is 0.129. The molecule has 0 amide bonds. The first-order chi connectivity index (χ1) is 11.4. The van der Waals surface area contributed by atoms with Crippen molar-refractivity contribution >= 4 is 41.8 Å². The van der Waals surface area contributed by atoms with Gasteiger partial charge in [-0.05, 0) is 24.5 Å². The van der Waals surface area contributed by atoms with E-state index < -0.39 is 10.0 Å². The molecular formula is C15H16N4O3S2. The highest BCUT2D eigenvalue weighted by molar-refractivity contribution is 7.88. The minimum absolute atomic E-state index is 0.0826. The molecule has 0 bridgehead atoms. The van der Waals surface area contributed by atoms with Crippen LogP contribution in [-0.2, 0) is 16.6 Å². The Labute approximate surface area is 142 Å². The van der Waals surface area contributed by atoms with Gasteiger partial charge in [0.25, 0.3) is 5.56 Å². The molecule has 9 heteroatoms. The van der Waals surface area contributed by atoms with Crippen LogP contribution in [0.3, 0.4) is 0 Å². The molecule has 3 aromatic heterocycles. The molecule has 1 atom stereocenters. The van der Waals surface area contributed by atoms with Gasteiger partial charge in [-0.15, -0.1) is 11.3 Å². The van der Waals surface area contributed by atoms with Gasteiger partial charge in [0.2, 0.25) is 10.0 Å². The molecule has 0 aliphatic carbocycles. The van der Waals surface area contributed by atoms with Crippen LogP contribution in [0.4, 0.5) is 0 Å². The molecule has 0 N–H and O–H groups in total. The largest absolute Gasteiger partial charge is 0.298 e. The second-order valence-electron chi connectivity index (χ2n) is 6.11. The molecule has 0 radical (unpaired) electrons. The van der Waals surface area contributed by atoms with Gasteiger partial charge < -0.3 is 0 Å². The summed E-state index contributed by atoms with van der Waals surface area (Å²) in [6.07, 6.45) is 5.24. The van der Waals surface area contributed by atoms with Crippen LogP contribution in [0.2, 0.25) is 0 Å². The van der Waals surface area contributed by atoms with E-state index in [-0.39, 0.29) is 11.5 Å².